The maximum absolute atomic E-state index is 12.7. The summed E-state index contributed by atoms with van der Waals surface area (Å²) in [5, 5.41) is 8.26. The Hall–Kier alpha value is -2.65. The van der Waals surface area contributed by atoms with Gasteiger partial charge in [-0.25, -0.2) is 8.42 Å². The summed E-state index contributed by atoms with van der Waals surface area (Å²) in [6, 6.07) is 11.8. The molecule has 1 aliphatic heterocycles. The zero-order valence-corrected chi connectivity index (χ0v) is 16.1. The third-order valence-corrected chi connectivity index (χ3v) is 7.55. The van der Waals surface area contributed by atoms with Gasteiger partial charge in [-0.15, -0.1) is 11.3 Å². The largest absolute Gasteiger partial charge is 0.497 e. The van der Waals surface area contributed by atoms with Gasteiger partial charge in [-0.1, -0.05) is 6.07 Å². The highest BCUT2D eigenvalue weighted by molar-refractivity contribution is 7.92. The number of ether oxygens (including phenoxy) is 1. The lowest BCUT2D eigenvalue weighted by atomic mass is 10.2. The van der Waals surface area contributed by atoms with E-state index in [0.29, 0.717) is 11.4 Å². The van der Waals surface area contributed by atoms with E-state index < -0.39 is 15.1 Å². The van der Waals surface area contributed by atoms with Gasteiger partial charge in [0.15, 0.2) is 15.5 Å². The number of nitrogens with one attached hydrogen (secondary N) is 1. The van der Waals surface area contributed by atoms with E-state index in [1.54, 1.807) is 29.5 Å². The second kappa shape index (κ2) is 6.82. The number of rotatable bonds is 5. The van der Waals surface area contributed by atoms with Crippen molar-refractivity contribution in [3.63, 3.8) is 0 Å². The molecule has 1 aliphatic rings. The van der Waals surface area contributed by atoms with Crippen molar-refractivity contribution < 1.29 is 17.9 Å². The van der Waals surface area contributed by atoms with Crippen LogP contribution in [0.2, 0.25) is 0 Å². The average Bonchev–Trinajstić information content (AvgIpc) is 3.31. The van der Waals surface area contributed by atoms with Crippen LogP contribution in [-0.2, 0) is 9.84 Å². The van der Waals surface area contributed by atoms with Gasteiger partial charge in [0.2, 0.25) is 0 Å². The summed E-state index contributed by atoms with van der Waals surface area (Å²) in [7, 11) is -1.96. The lowest BCUT2D eigenvalue weighted by molar-refractivity contribution is 0.0652. The van der Waals surface area contributed by atoms with Gasteiger partial charge in [-0.05, 0) is 41.8 Å². The van der Waals surface area contributed by atoms with E-state index in [2.05, 4.69) is 10.2 Å². The van der Waals surface area contributed by atoms with Gasteiger partial charge in [0, 0.05) is 13.1 Å². The Morgan fingerprint density at radius 3 is 2.63 bits per heavy atom. The molecule has 1 N–H and O–H groups in total. The lowest BCUT2D eigenvalue weighted by Gasteiger charge is -2.38. The summed E-state index contributed by atoms with van der Waals surface area (Å²) in [6.45, 7) is 0.322. The molecular weight excluding hydrogens is 386 g/mol. The molecule has 0 saturated carbocycles. The standard InChI is InChI=1S/C18H17N3O4S2/c1-25-12-4-6-13(7-5-12)27(23,24)14-10-21(11-14)18(22)16-9-15(19-20-16)17-3-2-8-26-17/h2-9,14H,10-11H2,1H3,(H,19,20). The van der Waals surface area contributed by atoms with Crippen molar-refractivity contribution in [2.75, 3.05) is 20.2 Å². The Balaban J connectivity index is 1.43. The predicted molar refractivity (Wildman–Crippen MR) is 102 cm³/mol. The number of likely N-dealkylation sites (tertiary alicyclic amines) is 1. The van der Waals surface area contributed by atoms with Crippen molar-refractivity contribution in [2.24, 2.45) is 0 Å². The monoisotopic (exact) mass is 403 g/mol. The topological polar surface area (TPSA) is 92.4 Å². The van der Waals surface area contributed by atoms with Gasteiger partial charge in [-0.2, -0.15) is 5.10 Å². The van der Waals surface area contributed by atoms with Crippen LogP contribution in [0.4, 0.5) is 0 Å². The number of benzene rings is 1. The highest BCUT2D eigenvalue weighted by Gasteiger charge is 2.41. The van der Waals surface area contributed by atoms with Crippen molar-refractivity contribution in [2.45, 2.75) is 10.1 Å². The Bertz CT molecular complexity index is 1050. The second-order valence-electron chi connectivity index (χ2n) is 6.20. The zero-order valence-electron chi connectivity index (χ0n) is 14.5. The molecule has 27 heavy (non-hydrogen) atoms. The fourth-order valence-corrected chi connectivity index (χ4v) is 5.25. The Morgan fingerprint density at radius 2 is 2.00 bits per heavy atom. The number of sulfone groups is 1. The molecule has 0 radical (unpaired) electrons. The molecule has 1 saturated heterocycles. The zero-order chi connectivity index (χ0) is 19.0. The van der Waals surface area contributed by atoms with Crippen LogP contribution in [-0.4, -0.2) is 54.9 Å². The molecular formula is C18H17N3O4S2. The summed E-state index contributed by atoms with van der Waals surface area (Å²) in [4.78, 5) is 15.3. The summed E-state index contributed by atoms with van der Waals surface area (Å²) >= 11 is 1.55. The normalized spacial score (nSPS) is 14.8. The summed E-state index contributed by atoms with van der Waals surface area (Å²) < 4.78 is 30.4. The van der Waals surface area contributed by atoms with E-state index in [1.807, 2.05) is 17.5 Å². The first-order chi connectivity index (χ1) is 13.0. The van der Waals surface area contributed by atoms with Crippen LogP contribution < -0.4 is 4.74 Å². The third kappa shape index (κ3) is 3.24. The molecule has 0 aliphatic carbocycles. The average molecular weight is 403 g/mol. The number of amides is 1. The maximum atomic E-state index is 12.7. The highest BCUT2D eigenvalue weighted by atomic mass is 32.2. The lowest BCUT2D eigenvalue weighted by Crippen LogP contribution is -2.56. The van der Waals surface area contributed by atoms with Crippen molar-refractivity contribution in [3.05, 3.63) is 53.5 Å². The number of methoxy groups -OCH3 is 1. The molecule has 3 aromatic rings. The smallest absolute Gasteiger partial charge is 0.274 e. The van der Waals surface area contributed by atoms with Crippen LogP contribution in [0.3, 0.4) is 0 Å². The molecule has 1 amide bonds. The molecule has 9 heteroatoms. The summed E-state index contributed by atoms with van der Waals surface area (Å²) in [5.41, 5.74) is 1.06. The number of H-pyrrole nitrogens is 1. The van der Waals surface area contributed by atoms with Gasteiger partial charge < -0.3 is 9.64 Å². The molecule has 0 spiro atoms. The number of hydrogen-bond acceptors (Lipinski definition) is 6. The number of nitrogens with zero attached hydrogens (tertiary/aromatic N) is 2. The molecule has 2 aromatic heterocycles. The molecule has 3 heterocycles. The molecule has 0 bridgehead atoms. The van der Waals surface area contributed by atoms with E-state index in [4.69, 9.17) is 4.74 Å². The van der Waals surface area contributed by atoms with Crippen molar-refractivity contribution in [1.29, 1.82) is 0 Å². The van der Waals surface area contributed by atoms with Crippen molar-refractivity contribution in [3.8, 4) is 16.3 Å². The minimum absolute atomic E-state index is 0.161. The van der Waals surface area contributed by atoms with E-state index in [-0.39, 0.29) is 23.9 Å². The van der Waals surface area contributed by atoms with E-state index >= 15 is 0 Å². The SMILES string of the molecule is COc1ccc(S(=O)(=O)C2CN(C(=O)c3cc(-c4cccs4)[nH]n3)C2)cc1. The molecule has 7 nitrogen and oxygen atoms in total. The quantitative estimate of drug-likeness (QED) is 0.706. The van der Waals surface area contributed by atoms with Crippen molar-refractivity contribution >= 4 is 27.1 Å². The Kier molecular flexibility index (Phi) is 4.48. The number of aromatic amines is 1. The number of carbonyl (C=O) groups is 1. The first-order valence-corrected chi connectivity index (χ1v) is 10.7. The molecule has 4 rings (SSSR count). The van der Waals surface area contributed by atoms with E-state index in [1.165, 1.54) is 24.1 Å². The van der Waals surface area contributed by atoms with Gasteiger partial charge in [0.25, 0.3) is 5.91 Å². The van der Waals surface area contributed by atoms with Gasteiger partial charge in [-0.3, -0.25) is 9.89 Å². The number of hydrogen-bond donors (Lipinski definition) is 1. The third-order valence-electron chi connectivity index (χ3n) is 4.55. The minimum atomic E-state index is -3.48. The Morgan fingerprint density at radius 1 is 1.26 bits per heavy atom. The van der Waals surface area contributed by atoms with Gasteiger partial charge in [0.1, 0.15) is 11.0 Å². The van der Waals surface area contributed by atoms with Crippen LogP contribution in [0.5, 0.6) is 5.75 Å². The maximum Gasteiger partial charge on any atom is 0.274 e. The number of thiophene rings is 1. The van der Waals surface area contributed by atoms with Crippen molar-refractivity contribution in [1.82, 2.24) is 15.1 Å². The second-order valence-corrected chi connectivity index (χ2v) is 9.37. The molecule has 140 valence electrons. The first-order valence-electron chi connectivity index (χ1n) is 8.25. The summed E-state index contributed by atoms with van der Waals surface area (Å²) in [5.74, 6) is 0.328. The number of carbonyl (C=O) groups excluding carboxylic acids is 1. The fourth-order valence-electron chi connectivity index (χ4n) is 2.91. The van der Waals surface area contributed by atoms with Crippen LogP contribution in [0, 0.1) is 0 Å². The molecule has 1 aromatic carbocycles. The van der Waals surface area contributed by atoms with E-state index in [9.17, 15) is 13.2 Å². The molecule has 0 atom stereocenters. The van der Waals surface area contributed by atoms with Gasteiger partial charge >= 0.3 is 0 Å². The Labute approximate surface area is 160 Å². The molecule has 1 fully saturated rings. The van der Waals surface area contributed by atoms with Crippen LogP contribution in [0.15, 0.2) is 52.7 Å². The van der Waals surface area contributed by atoms with Crippen LogP contribution >= 0.6 is 11.3 Å². The first kappa shape index (κ1) is 17.7. The molecule has 0 unspecified atom stereocenters. The van der Waals surface area contributed by atoms with Crippen LogP contribution in [0.25, 0.3) is 10.6 Å². The fraction of sp³-hybridized carbons (Fsp3) is 0.222. The highest BCUT2D eigenvalue weighted by Crippen LogP contribution is 2.27. The summed E-state index contributed by atoms with van der Waals surface area (Å²) in [6.07, 6.45) is 0. The minimum Gasteiger partial charge on any atom is -0.497 e. The van der Waals surface area contributed by atoms with E-state index in [0.717, 1.165) is 10.6 Å². The number of aromatic nitrogens is 2. The van der Waals surface area contributed by atoms with Gasteiger partial charge in [0.05, 0.1) is 22.6 Å². The predicted octanol–water partition coefficient (Wildman–Crippen LogP) is 2.45. The van der Waals surface area contributed by atoms with Crippen LogP contribution in [0.1, 0.15) is 10.5 Å².